The average molecular weight is 394 g/mol. The minimum Gasteiger partial charge on any atom is -0.497 e. The fourth-order valence-electron chi connectivity index (χ4n) is 3.62. The van der Waals surface area contributed by atoms with Crippen LogP contribution in [0.5, 0.6) is 5.75 Å². The molecular formula is C20H22N6O3. The Labute approximate surface area is 167 Å². The first-order valence-electron chi connectivity index (χ1n) is 9.32. The van der Waals surface area contributed by atoms with Gasteiger partial charge in [0.1, 0.15) is 17.3 Å². The molecule has 1 amide bonds. The smallest absolute Gasteiger partial charge is 0.274 e. The van der Waals surface area contributed by atoms with Crippen LogP contribution in [0.4, 0.5) is 5.82 Å². The molecule has 9 nitrogen and oxygen atoms in total. The molecule has 1 fully saturated rings. The number of nitrogen functional groups attached to an aromatic ring is 1. The summed E-state index contributed by atoms with van der Waals surface area (Å²) in [6.07, 6.45) is 4.51. The highest BCUT2D eigenvalue weighted by molar-refractivity contribution is 6.06. The SMILES string of the molecule is COc1ccc(-n2ncc(C(=O)[C@H]3CCCN3C(=O)c3ccn(C)n3)c2N)cc1. The quantitative estimate of drug-likeness (QED) is 0.660. The summed E-state index contributed by atoms with van der Waals surface area (Å²) in [5, 5.41) is 8.44. The van der Waals surface area contributed by atoms with Crippen molar-refractivity contribution in [3.8, 4) is 11.4 Å². The van der Waals surface area contributed by atoms with Gasteiger partial charge in [0.25, 0.3) is 5.91 Å². The summed E-state index contributed by atoms with van der Waals surface area (Å²) >= 11 is 0. The van der Waals surface area contributed by atoms with Gasteiger partial charge in [-0.2, -0.15) is 10.2 Å². The van der Waals surface area contributed by atoms with Gasteiger partial charge < -0.3 is 15.4 Å². The topological polar surface area (TPSA) is 108 Å². The Kier molecular flexibility index (Phi) is 4.79. The number of ether oxygens (including phenoxy) is 1. The van der Waals surface area contributed by atoms with E-state index in [1.54, 1.807) is 48.1 Å². The van der Waals surface area contributed by atoms with Gasteiger partial charge in [-0.3, -0.25) is 14.3 Å². The molecule has 1 aliphatic rings. The molecule has 0 radical (unpaired) electrons. The highest BCUT2D eigenvalue weighted by atomic mass is 16.5. The van der Waals surface area contributed by atoms with Crippen LogP contribution in [0.1, 0.15) is 33.7 Å². The molecule has 1 atom stereocenters. The van der Waals surface area contributed by atoms with Gasteiger partial charge >= 0.3 is 0 Å². The fourth-order valence-corrected chi connectivity index (χ4v) is 3.62. The van der Waals surface area contributed by atoms with Crippen molar-refractivity contribution in [3.63, 3.8) is 0 Å². The Hall–Kier alpha value is -3.62. The summed E-state index contributed by atoms with van der Waals surface area (Å²) in [6.45, 7) is 0.512. The molecule has 29 heavy (non-hydrogen) atoms. The lowest BCUT2D eigenvalue weighted by molar-refractivity contribution is 0.0667. The third-order valence-corrected chi connectivity index (χ3v) is 5.14. The third kappa shape index (κ3) is 3.35. The van der Waals surface area contributed by atoms with E-state index in [-0.39, 0.29) is 17.5 Å². The summed E-state index contributed by atoms with van der Waals surface area (Å²) in [5.74, 6) is 0.509. The van der Waals surface area contributed by atoms with E-state index >= 15 is 0 Å². The van der Waals surface area contributed by atoms with E-state index in [0.717, 1.165) is 12.1 Å². The zero-order chi connectivity index (χ0) is 20.5. The number of methoxy groups -OCH3 is 1. The summed E-state index contributed by atoms with van der Waals surface area (Å²) in [6, 6.07) is 8.29. The second-order valence-corrected chi connectivity index (χ2v) is 6.95. The number of hydrogen-bond donors (Lipinski definition) is 1. The van der Waals surface area contributed by atoms with Crippen LogP contribution in [0.3, 0.4) is 0 Å². The Morgan fingerprint density at radius 3 is 2.62 bits per heavy atom. The Balaban J connectivity index is 1.59. The summed E-state index contributed by atoms with van der Waals surface area (Å²) in [5.41, 5.74) is 7.60. The molecule has 4 rings (SSSR count). The van der Waals surface area contributed by atoms with Crippen LogP contribution in [0.2, 0.25) is 0 Å². The number of aryl methyl sites for hydroxylation is 1. The molecular weight excluding hydrogens is 372 g/mol. The zero-order valence-electron chi connectivity index (χ0n) is 16.3. The molecule has 2 aromatic heterocycles. The van der Waals surface area contributed by atoms with Crippen molar-refractivity contribution >= 4 is 17.5 Å². The minimum absolute atomic E-state index is 0.205. The first-order valence-corrected chi connectivity index (χ1v) is 9.32. The van der Waals surface area contributed by atoms with Gasteiger partial charge in [-0.25, -0.2) is 4.68 Å². The first-order chi connectivity index (χ1) is 14.0. The zero-order valence-corrected chi connectivity index (χ0v) is 16.3. The van der Waals surface area contributed by atoms with Crippen molar-refractivity contribution < 1.29 is 14.3 Å². The van der Waals surface area contributed by atoms with Crippen molar-refractivity contribution in [2.75, 3.05) is 19.4 Å². The van der Waals surface area contributed by atoms with E-state index < -0.39 is 6.04 Å². The minimum atomic E-state index is -0.569. The number of amides is 1. The van der Waals surface area contributed by atoms with Crippen LogP contribution in [0.25, 0.3) is 5.69 Å². The molecule has 0 unspecified atom stereocenters. The lowest BCUT2D eigenvalue weighted by Crippen LogP contribution is -2.41. The van der Waals surface area contributed by atoms with E-state index in [1.165, 1.54) is 10.9 Å². The predicted molar refractivity (Wildman–Crippen MR) is 106 cm³/mol. The molecule has 3 aromatic rings. The maximum Gasteiger partial charge on any atom is 0.274 e. The van der Waals surface area contributed by atoms with Crippen molar-refractivity contribution in [2.45, 2.75) is 18.9 Å². The van der Waals surface area contributed by atoms with Crippen LogP contribution in [-0.2, 0) is 7.05 Å². The molecule has 0 bridgehead atoms. The van der Waals surface area contributed by atoms with Gasteiger partial charge in [-0.05, 0) is 43.2 Å². The Morgan fingerprint density at radius 1 is 1.21 bits per heavy atom. The highest BCUT2D eigenvalue weighted by Crippen LogP contribution is 2.27. The molecule has 0 aliphatic carbocycles. The molecule has 150 valence electrons. The van der Waals surface area contributed by atoms with E-state index in [2.05, 4.69) is 10.2 Å². The average Bonchev–Trinajstić information content (AvgIpc) is 3.47. The molecule has 1 aromatic carbocycles. The molecule has 1 aliphatic heterocycles. The molecule has 9 heteroatoms. The number of nitrogens with two attached hydrogens (primary N) is 1. The normalized spacial score (nSPS) is 16.2. The van der Waals surface area contributed by atoms with Crippen molar-refractivity contribution in [1.29, 1.82) is 0 Å². The summed E-state index contributed by atoms with van der Waals surface area (Å²) < 4.78 is 8.23. The van der Waals surface area contributed by atoms with Gasteiger partial charge in [0.15, 0.2) is 5.78 Å². The van der Waals surface area contributed by atoms with E-state index in [4.69, 9.17) is 10.5 Å². The number of aromatic nitrogens is 4. The maximum absolute atomic E-state index is 13.2. The molecule has 1 saturated heterocycles. The molecule has 0 saturated carbocycles. The van der Waals surface area contributed by atoms with E-state index in [9.17, 15) is 9.59 Å². The lowest BCUT2D eigenvalue weighted by Gasteiger charge is -2.22. The van der Waals surface area contributed by atoms with Gasteiger partial charge in [0, 0.05) is 19.8 Å². The van der Waals surface area contributed by atoms with Crippen molar-refractivity contribution in [2.24, 2.45) is 7.05 Å². The van der Waals surface area contributed by atoms with Crippen LogP contribution < -0.4 is 10.5 Å². The third-order valence-electron chi connectivity index (χ3n) is 5.14. The monoisotopic (exact) mass is 394 g/mol. The Bertz CT molecular complexity index is 1050. The number of ketones is 1. The lowest BCUT2D eigenvalue weighted by atomic mass is 10.0. The number of benzene rings is 1. The number of carbonyl (C=O) groups is 2. The van der Waals surface area contributed by atoms with Crippen molar-refractivity contribution in [3.05, 3.63) is 54.0 Å². The molecule has 0 spiro atoms. The van der Waals surface area contributed by atoms with Crippen LogP contribution >= 0.6 is 0 Å². The van der Waals surface area contributed by atoms with E-state index in [1.807, 2.05) is 12.1 Å². The first kappa shape index (κ1) is 18.7. The number of Topliss-reactive ketones (excluding diaryl/α,β-unsaturated/α-hetero) is 1. The molecule has 2 N–H and O–H groups in total. The number of carbonyl (C=O) groups excluding carboxylic acids is 2. The summed E-state index contributed by atoms with van der Waals surface area (Å²) in [4.78, 5) is 27.6. The van der Waals surface area contributed by atoms with Gasteiger partial charge in [0.05, 0.1) is 30.6 Å². The van der Waals surface area contributed by atoms with Crippen LogP contribution in [0, 0.1) is 0 Å². The predicted octanol–water partition coefficient (Wildman–Crippen LogP) is 1.68. The van der Waals surface area contributed by atoms with Crippen LogP contribution in [-0.4, -0.2) is 55.8 Å². The summed E-state index contributed by atoms with van der Waals surface area (Å²) in [7, 11) is 3.34. The maximum atomic E-state index is 13.2. The standard InChI is InChI=1S/C20H22N6O3/c1-24-11-9-16(23-24)20(28)25-10-3-4-17(25)18(27)15-12-22-26(19(15)21)13-5-7-14(29-2)8-6-13/h5-9,11-12,17H,3-4,10,21H2,1-2H3/t17-/m1/s1. The van der Waals surface area contributed by atoms with Gasteiger partial charge in [-0.1, -0.05) is 0 Å². The second-order valence-electron chi connectivity index (χ2n) is 6.95. The largest absolute Gasteiger partial charge is 0.497 e. The number of anilines is 1. The Morgan fingerprint density at radius 2 is 1.97 bits per heavy atom. The van der Waals surface area contributed by atoms with Gasteiger partial charge in [-0.15, -0.1) is 0 Å². The van der Waals surface area contributed by atoms with Crippen molar-refractivity contribution in [1.82, 2.24) is 24.5 Å². The number of rotatable bonds is 5. The van der Waals surface area contributed by atoms with Gasteiger partial charge in [0.2, 0.25) is 0 Å². The van der Waals surface area contributed by atoms with E-state index in [0.29, 0.717) is 30.0 Å². The molecule has 3 heterocycles. The number of nitrogens with zero attached hydrogens (tertiary/aromatic N) is 5. The number of likely N-dealkylation sites (tertiary alicyclic amines) is 1. The fraction of sp³-hybridized carbons (Fsp3) is 0.300. The van der Waals surface area contributed by atoms with Crippen LogP contribution in [0.15, 0.2) is 42.7 Å². The number of hydrogen-bond acceptors (Lipinski definition) is 6. The second kappa shape index (κ2) is 7.42. The highest BCUT2D eigenvalue weighted by Gasteiger charge is 2.37.